The summed E-state index contributed by atoms with van der Waals surface area (Å²) in [6, 6.07) is -0.278. The molecular formula is C4H9ClFNO. The van der Waals surface area contributed by atoms with Crippen molar-refractivity contribution in [3.05, 3.63) is 0 Å². The van der Waals surface area contributed by atoms with Gasteiger partial charge >= 0.3 is 0 Å². The third kappa shape index (κ3) is 1.31. The monoisotopic (exact) mass is 141 g/mol. The maximum absolute atomic E-state index is 12.0. The normalized spacial score (nSPS) is 35.2. The average molecular weight is 142 g/mol. The molecule has 0 aromatic heterocycles. The molecule has 2 nitrogen and oxygen atoms in total. The molecule has 0 bridgehead atoms. The molecule has 2 unspecified atom stereocenters. The van der Waals surface area contributed by atoms with Crippen molar-refractivity contribution >= 4 is 12.4 Å². The van der Waals surface area contributed by atoms with E-state index >= 15 is 0 Å². The van der Waals surface area contributed by atoms with Crippen LogP contribution >= 0.6 is 12.4 Å². The Bertz CT molecular complexity index is 71.1. The Morgan fingerprint density at radius 3 is 2.12 bits per heavy atom. The van der Waals surface area contributed by atoms with E-state index in [9.17, 15) is 4.39 Å². The summed E-state index contributed by atoms with van der Waals surface area (Å²) in [6.07, 6.45) is 0.542. The largest absolute Gasteiger partial charge is 0.316 e. The van der Waals surface area contributed by atoms with Gasteiger partial charge in [-0.25, -0.2) is 4.39 Å². The van der Waals surface area contributed by atoms with Gasteiger partial charge in [0.25, 0.3) is 0 Å². The highest BCUT2D eigenvalue weighted by Crippen LogP contribution is 2.21. The molecule has 1 saturated carbocycles. The van der Waals surface area contributed by atoms with Crippen LogP contribution in [-0.4, -0.2) is 17.4 Å². The van der Waals surface area contributed by atoms with Gasteiger partial charge in [-0.2, -0.15) is 5.48 Å². The summed E-state index contributed by atoms with van der Waals surface area (Å²) in [5.74, 6) is 0. The van der Waals surface area contributed by atoms with E-state index < -0.39 is 6.17 Å². The van der Waals surface area contributed by atoms with Gasteiger partial charge in [0, 0.05) is 0 Å². The molecule has 0 amide bonds. The van der Waals surface area contributed by atoms with Crippen LogP contribution in [0.15, 0.2) is 0 Å². The van der Waals surface area contributed by atoms with Gasteiger partial charge in [-0.05, 0) is 12.8 Å². The minimum Gasteiger partial charge on any atom is -0.316 e. The highest BCUT2D eigenvalue weighted by atomic mass is 35.5. The number of nitrogens with one attached hydrogen (secondary N) is 1. The molecule has 4 heteroatoms. The van der Waals surface area contributed by atoms with E-state index in [1.54, 1.807) is 0 Å². The lowest BCUT2D eigenvalue weighted by Crippen LogP contribution is -2.43. The lowest BCUT2D eigenvalue weighted by molar-refractivity contribution is 0.0277. The van der Waals surface area contributed by atoms with Crippen LogP contribution in [0.4, 0.5) is 4.39 Å². The lowest BCUT2D eigenvalue weighted by Gasteiger charge is -2.28. The molecular weight excluding hydrogens is 133 g/mol. The zero-order chi connectivity index (χ0) is 5.28. The molecule has 1 aliphatic carbocycles. The van der Waals surface area contributed by atoms with E-state index in [0.717, 1.165) is 6.42 Å². The fraction of sp³-hybridized carbons (Fsp3) is 1.00. The Morgan fingerprint density at radius 1 is 1.50 bits per heavy atom. The third-order valence-electron chi connectivity index (χ3n) is 1.36. The van der Waals surface area contributed by atoms with Crippen LogP contribution in [0.2, 0.25) is 0 Å². The van der Waals surface area contributed by atoms with Gasteiger partial charge in [0.15, 0.2) is 0 Å². The molecule has 1 fully saturated rings. The highest BCUT2D eigenvalue weighted by Gasteiger charge is 2.29. The predicted octanol–water partition coefficient (Wildman–Crippen LogP) is 0.888. The van der Waals surface area contributed by atoms with Crippen LogP contribution in [0.5, 0.6) is 0 Å². The molecule has 8 heavy (non-hydrogen) atoms. The number of rotatable bonds is 1. The van der Waals surface area contributed by atoms with E-state index in [1.807, 2.05) is 5.48 Å². The molecule has 0 spiro atoms. The van der Waals surface area contributed by atoms with Crippen LogP contribution in [0.25, 0.3) is 0 Å². The molecule has 50 valence electrons. The van der Waals surface area contributed by atoms with Crippen LogP contribution in [0.3, 0.4) is 0 Å². The van der Waals surface area contributed by atoms with Crippen molar-refractivity contribution < 1.29 is 9.60 Å². The molecule has 0 saturated heterocycles. The molecule has 0 heterocycles. The first-order chi connectivity index (χ1) is 3.34. The fourth-order valence-corrected chi connectivity index (χ4v) is 0.605. The standard InChI is InChI=1S/C4H8FNO.ClH/c5-3-1-2-4(3)6-7;/h3-4,6-7H,1-2H2;1H. The van der Waals surface area contributed by atoms with Gasteiger partial charge in [0.1, 0.15) is 6.17 Å². The van der Waals surface area contributed by atoms with Gasteiger partial charge in [-0.15, -0.1) is 12.4 Å². The van der Waals surface area contributed by atoms with Gasteiger partial charge in [0.2, 0.25) is 0 Å². The number of hydrogen-bond donors (Lipinski definition) is 2. The van der Waals surface area contributed by atoms with Crippen molar-refractivity contribution in [1.82, 2.24) is 5.48 Å². The first-order valence-electron chi connectivity index (χ1n) is 2.38. The summed E-state index contributed by atoms with van der Waals surface area (Å²) in [4.78, 5) is 0. The second-order valence-corrected chi connectivity index (χ2v) is 1.83. The number of alkyl halides is 1. The first kappa shape index (κ1) is 8.14. The maximum Gasteiger partial charge on any atom is 0.118 e. The van der Waals surface area contributed by atoms with E-state index in [0.29, 0.717) is 6.42 Å². The van der Waals surface area contributed by atoms with Crippen molar-refractivity contribution in [2.24, 2.45) is 0 Å². The van der Waals surface area contributed by atoms with Crippen molar-refractivity contribution in [2.75, 3.05) is 0 Å². The molecule has 1 rings (SSSR count). The van der Waals surface area contributed by atoms with Gasteiger partial charge in [0.05, 0.1) is 6.04 Å². The second kappa shape index (κ2) is 3.22. The zero-order valence-electron chi connectivity index (χ0n) is 4.30. The molecule has 2 atom stereocenters. The Morgan fingerprint density at radius 2 is 2.12 bits per heavy atom. The highest BCUT2D eigenvalue weighted by molar-refractivity contribution is 5.85. The maximum atomic E-state index is 12.0. The van der Waals surface area contributed by atoms with Crippen LogP contribution in [-0.2, 0) is 0 Å². The first-order valence-corrected chi connectivity index (χ1v) is 2.38. The van der Waals surface area contributed by atoms with E-state index in [2.05, 4.69) is 0 Å². The Kier molecular flexibility index (Phi) is 3.28. The van der Waals surface area contributed by atoms with E-state index in [1.165, 1.54) is 0 Å². The number of hydrogen-bond acceptors (Lipinski definition) is 2. The lowest BCUT2D eigenvalue weighted by atomic mass is 9.92. The number of halogens is 2. The molecule has 0 aromatic carbocycles. The Hall–Kier alpha value is 0.140. The molecule has 1 aliphatic rings. The van der Waals surface area contributed by atoms with Crippen molar-refractivity contribution in [2.45, 2.75) is 25.1 Å². The smallest absolute Gasteiger partial charge is 0.118 e. The van der Waals surface area contributed by atoms with Crippen LogP contribution < -0.4 is 5.48 Å². The number of hydroxylamine groups is 1. The third-order valence-corrected chi connectivity index (χ3v) is 1.36. The topological polar surface area (TPSA) is 32.3 Å². The summed E-state index contributed by atoms with van der Waals surface area (Å²) >= 11 is 0. The summed E-state index contributed by atoms with van der Waals surface area (Å²) in [6.45, 7) is 0. The van der Waals surface area contributed by atoms with Crippen molar-refractivity contribution in [3.63, 3.8) is 0 Å². The van der Waals surface area contributed by atoms with Crippen molar-refractivity contribution in [3.8, 4) is 0 Å². The zero-order valence-corrected chi connectivity index (χ0v) is 5.12. The quantitative estimate of drug-likeness (QED) is 0.532. The molecule has 0 aliphatic heterocycles. The summed E-state index contributed by atoms with van der Waals surface area (Å²) in [5.41, 5.74) is 1.88. The second-order valence-electron chi connectivity index (χ2n) is 1.83. The predicted molar refractivity (Wildman–Crippen MR) is 30.1 cm³/mol. The molecule has 2 N–H and O–H groups in total. The minimum absolute atomic E-state index is 0. The van der Waals surface area contributed by atoms with Gasteiger partial charge < -0.3 is 5.21 Å². The summed E-state index contributed by atoms with van der Waals surface area (Å²) in [5, 5.41) is 8.07. The minimum atomic E-state index is -0.815. The van der Waals surface area contributed by atoms with Gasteiger partial charge in [-0.1, -0.05) is 0 Å². The SMILES string of the molecule is Cl.ONC1CCC1F. The summed E-state index contributed by atoms with van der Waals surface area (Å²) in [7, 11) is 0. The van der Waals surface area contributed by atoms with E-state index in [4.69, 9.17) is 5.21 Å². The Balaban J connectivity index is 0.000000490. The van der Waals surface area contributed by atoms with Crippen LogP contribution in [0, 0.1) is 0 Å². The van der Waals surface area contributed by atoms with Crippen LogP contribution in [0.1, 0.15) is 12.8 Å². The van der Waals surface area contributed by atoms with Gasteiger partial charge in [-0.3, -0.25) is 0 Å². The van der Waals surface area contributed by atoms with E-state index in [-0.39, 0.29) is 18.4 Å². The fourth-order valence-electron chi connectivity index (χ4n) is 0.605. The average Bonchev–Trinajstić information content (AvgIpc) is 1.65. The Labute approximate surface area is 53.4 Å². The molecule has 0 radical (unpaired) electrons. The molecule has 0 aromatic rings. The van der Waals surface area contributed by atoms with Crippen molar-refractivity contribution in [1.29, 1.82) is 0 Å². The summed E-state index contributed by atoms with van der Waals surface area (Å²) < 4.78 is 12.0.